The van der Waals surface area contributed by atoms with Gasteiger partial charge >= 0.3 is 0 Å². The van der Waals surface area contributed by atoms with Crippen LogP contribution >= 0.6 is 0 Å². The molecular weight excluding hydrogens is 364 g/mol. The summed E-state index contributed by atoms with van der Waals surface area (Å²) in [6.07, 6.45) is 3.40. The van der Waals surface area contributed by atoms with E-state index in [1.165, 1.54) is 0 Å². The van der Waals surface area contributed by atoms with E-state index >= 15 is 0 Å². The zero-order chi connectivity index (χ0) is 20.2. The van der Waals surface area contributed by atoms with Crippen molar-refractivity contribution in [1.29, 1.82) is 0 Å². The van der Waals surface area contributed by atoms with E-state index in [2.05, 4.69) is 20.5 Å². The molecule has 29 heavy (non-hydrogen) atoms. The molecule has 0 saturated carbocycles. The molecule has 0 spiro atoms. The summed E-state index contributed by atoms with van der Waals surface area (Å²) in [4.78, 5) is 21.7. The highest BCUT2D eigenvalue weighted by atomic mass is 16.3. The molecule has 0 aliphatic heterocycles. The number of rotatable bonds is 4. The molecule has 0 aliphatic rings. The lowest BCUT2D eigenvalue weighted by atomic mass is 10.0. The zero-order valence-corrected chi connectivity index (χ0v) is 15.7. The van der Waals surface area contributed by atoms with E-state index in [4.69, 9.17) is 0 Å². The lowest BCUT2D eigenvalue weighted by Gasteiger charge is -2.09. The quantitative estimate of drug-likeness (QED) is 0.410. The summed E-state index contributed by atoms with van der Waals surface area (Å²) in [7, 11) is 0. The third kappa shape index (κ3) is 3.82. The van der Waals surface area contributed by atoms with Crippen molar-refractivity contribution in [3.63, 3.8) is 0 Å². The third-order valence-corrected chi connectivity index (χ3v) is 4.54. The Labute approximate surface area is 167 Å². The van der Waals surface area contributed by atoms with E-state index in [1.807, 2.05) is 36.4 Å². The highest BCUT2D eigenvalue weighted by Gasteiger charge is 2.14. The second-order valence-electron chi connectivity index (χ2n) is 6.47. The van der Waals surface area contributed by atoms with Crippen LogP contribution in [0.1, 0.15) is 22.8 Å². The summed E-state index contributed by atoms with van der Waals surface area (Å²) in [6.45, 7) is 1.72. The van der Waals surface area contributed by atoms with E-state index in [-0.39, 0.29) is 11.7 Å². The first-order valence-electron chi connectivity index (χ1n) is 9.06. The number of para-hydroxylation sites is 2. The number of hydrazone groups is 1. The van der Waals surface area contributed by atoms with Gasteiger partial charge in [0, 0.05) is 28.9 Å². The molecular formula is C23H18N4O2. The Hall–Kier alpha value is -4.06. The Morgan fingerprint density at radius 2 is 1.79 bits per heavy atom. The fraction of sp³-hybridized carbons (Fsp3) is 0.0435. The molecule has 142 valence electrons. The number of pyridine rings is 2. The largest absolute Gasteiger partial charge is 0.507 e. The maximum Gasteiger partial charge on any atom is 0.272 e. The molecule has 0 atom stereocenters. The van der Waals surface area contributed by atoms with Gasteiger partial charge in [-0.3, -0.25) is 9.78 Å². The maximum absolute atomic E-state index is 12.9. The number of nitrogens with zero attached hydrogens (tertiary/aromatic N) is 3. The topological polar surface area (TPSA) is 87.5 Å². The normalized spacial score (nSPS) is 11.4. The second kappa shape index (κ2) is 7.90. The number of aromatic nitrogens is 2. The summed E-state index contributed by atoms with van der Waals surface area (Å²) < 4.78 is 0. The number of hydrogen-bond acceptors (Lipinski definition) is 5. The van der Waals surface area contributed by atoms with Crippen LogP contribution in [0.3, 0.4) is 0 Å². The summed E-state index contributed by atoms with van der Waals surface area (Å²) in [5.74, 6) is -0.250. The standard InChI is InChI=1S/C23H18N4O2/c1-15(17-8-3-5-11-22(17)28)26-27-23(29)19-13-21(16-7-6-12-24-14-16)25-20-10-4-2-9-18(19)20/h2-14,28H,1H3,(H,27,29). The van der Waals surface area contributed by atoms with Gasteiger partial charge < -0.3 is 5.11 Å². The molecule has 1 amide bonds. The summed E-state index contributed by atoms with van der Waals surface area (Å²) in [6, 6.07) is 19.8. The zero-order valence-electron chi connectivity index (χ0n) is 15.7. The van der Waals surface area contributed by atoms with Crippen molar-refractivity contribution in [1.82, 2.24) is 15.4 Å². The van der Waals surface area contributed by atoms with E-state index in [1.54, 1.807) is 49.6 Å². The summed E-state index contributed by atoms with van der Waals surface area (Å²) in [5.41, 5.74) is 6.30. The highest BCUT2D eigenvalue weighted by Crippen LogP contribution is 2.24. The van der Waals surface area contributed by atoms with Gasteiger partial charge in [0.1, 0.15) is 5.75 Å². The molecule has 0 bridgehead atoms. The van der Waals surface area contributed by atoms with Crippen LogP contribution in [-0.4, -0.2) is 26.7 Å². The van der Waals surface area contributed by atoms with Crippen LogP contribution < -0.4 is 5.43 Å². The number of benzene rings is 2. The van der Waals surface area contributed by atoms with E-state index < -0.39 is 0 Å². The fourth-order valence-electron chi connectivity index (χ4n) is 3.06. The average molecular weight is 382 g/mol. The first-order chi connectivity index (χ1) is 14.1. The number of carbonyl (C=O) groups excluding carboxylic acids is 1. The molecule has 0 saturated heterocycles. The molecule has 0 aliphatic carbocycles. The van der Waals surface area contributed by atoms with Gasteiger partial charge in [-0.25, -0.2) is 10.4 Å². The molecule has 0 unspecified atom stereocenters. The smallest absolute Gasteiger partial charge is 0.272 e. The third-order valence-electron chi connectivity index (χ3n) is 4.54. The van der Waals surface area contributed by atoms with Crippen molar-refractivity contribution in [3.8, 4) is 17.0 Å². The van der Waals surface area contributed by atoms with E-state index in [9.17, 15) is 9.90 Å². The minimum atomic E-state index is -0.358. The number of nitrogens with one attached hydrogen (secondary N) is 1. The molecule has 0 fully saturated rings. The van der Waals surface area contributed by atoms with Gasteiger partial charge in [0.2, 0.25) is 0 Å². The number of hydrogen-bond donors (Lipinski definition) is 2. The number of phenols is 1. The molecule has 2 aromatic heterocycles. The van der Waals surface area contributed by atoms with Crippen molar-refractivity contribution >= 4 is 22.5 Å². The van der Waals surface area contributed by atoms with Gasteiger partial charge in [0.15, 0.2) is 0 Å². The van der Waals surface area contributed by atoms with Gasteiger partial charge in [-0.15, -0.1) is 0 Å². The summed E-state index contributed by atoms with van der Waals surface area (Å²) in [5, 5.41) is 14.9. The SMILES string of the molecule is CC(=NNC(=O)c1cc(-c2cccnc2)nc2ccccc12)c1ccccc1O. The minimum absolute atomic E-state index is 0.108. The molecule has 0 radical (unpaired) electrons. The predicted molar refractivity (Wildman–Crippen MR) is 113 cm³/mol. The van der Waals surface area contributed by atoms with Crippen LogP contribution in [-0.2, 0) is 0 Å². The second-order valence-corrected chi connectivity index (χ2v) is 6.47. The Kier molecular flexibility index (Phi) is 4.99. The first-order valence-corrected chi connectivity index (χ1v) is 9.06. The van der Waals surface area contributed by atoms with Gasteiger partial charge in [0.05, 0.1) is 22.5 Å². The van der Waals surface area contributed by atoms with Crippen molar-refractivity contribution < 1.29 is 9.90 Å². The van der Waals surface area contributed by atoms with Gasteiger partial charge in [-0.05, 0) is 43.3 Å². The maximum atomic E-state index is 12.9. The number of phenolic OH excluding ortho intramolecular Hbond substituents is 1. The van der Waals surface area contributed by atoms with Crippen molar-refractivity contribution in [2.24, 2.45) is 5.10 Å². The van der Waals surface area contributed by atoms with Crippen LogP contribution in [0.15, 0.2) is 84.2 Å². The van der Waals surface area contributed by atoms with Crippen LogP contribution in [0.5, 0.6) is 5.75 Å². The van der Waals surface area contributed by atoms with Crippen LogP contribution in [0.25, 0.3) is 22.2 Å². The van der Waals surface area contributed by atoms with Crippen molar-refractivity contribution in [2.45, 2.75) is 6.92 Å². The molecule has 6 heteroatoms. The number of aromatic hydroxyl groups is 1. The lowest BCUT2D eigenvalue weighted by molar-refractivity contribution is 0.0956. The first kappa shape index (κ1) is 18.3. The molecule has 6 nitrogen and oxygen atoms in total. The lowest BCUT2D eigenvalue weighted by Crippen LogP contribution is -2.20. The van der Waals surface area contributed by atoms with Crippen LogP contribution in [0, 0.1) is 0 Å². The van der Waals surface area contributed by atoms with Crippen LogP contribution in [0.4, 0.5) is 0 Å². The van der Waals surface area contributed by atoms with Gasteiger partial charge in [-0.1, -0.05) is 30.3 Å². The Morgan fingerprint density at radius 1 is 1.00 bits per heavy atom. The Bertz CT molecular complexity index is 1220. The number of carbonyl (C=O) groups is 1. The molecule has 4 rings (SSSR count). The van der Waals surface area contributed by atoms with Crippen molar-refractivity contribution in [2.75, 3.05) is 0 Å². The number of fused-ring (bicyclic) bond motifs is 1. The van der Waals surface area contributed by atoms with E-state index in [0.29, 0.717) is 28.0 Å². The number of amides is 1. The monoisotopic (exact) mass is 382 g/mol. The average Bonchev–Trinajstić information content (AvgIpc) is 2.77. The van der Waals surface area contributed by atoms with Crippen LogP contribution in [0.2, 0.25) is 0 Å². The van der Waals surface area contributed by atoms with Gasteiger partial charge in [0.25, 0.3) is 5.91 Å². The summed E-state index contributed by atoms with van der Waals surface area (Å²) >= 11 is 0. The fourth-order valence-corrected chi connectivity index (χ4v) is 3.06. The predicted octanol–water partition coefficient (Wildman–Crippen LogP) is 4.16. The minimum Gasteiger partial charge on any atom is -0.507 e. The van der Waals surface area contributed by atoms with Gasteiger partial charge in [-0.2, -0.15) is 5.10 Å². The molecule has 2 aromatic carbocycles. The van der Waals surface area contributed by atoms with E-state index in [0.717, 1.165) is 10.9 Å². The molecule has 2 heterocycles. The molecule has 4 aromatic rings. The Balaban J connectivity index is 1.72. The Morgan fingerprint density at radius 3 is 2.59 bits per heavy atom. The highest BCUT2D eigenvalue weighted by molar-refractivity contribution is 6.08. The molecule has 2 N–H and O–H groups in total. The van der Waals surface area contributed by atoms with Crippen molar-refractivity contribution in [3.05, 3.63) is 90.3 Å².